The number of hydrogen-bond acceptors (Lipinski definition) is 5. The lowest BCUT2D eigenvalue weighted by Gasteiger charge is -2.43. The van der Waals surface area contributed by atoms with Crippen LogP contribution in [0.5, 0.6) is 0 Å². The minimum absolute atomic E-state index is 0.147. The molecule has 0 spiro atoms. The van der Waals surface area contributed by atoms with Gasteiger partial charge in [-0.15, -0.1) is 0 Å². The molecule has 0 unspecified atom stereocenters. The van der Waals surface area contributed by atoms with Crippen LogP contribution < -0.4 is 21.6 Å². The molecule has 1 saturated heterocycles. The molecule has 4 rings (SSSR count). The monoisotopic (exact) mass is 521 g/mol. The molecule has 0 saturated carbocycles. The number of aryl methyl sites for hydroxylation is 1. The predicted octanol–water partition coefficient (Wildman–Crippen LogP) is 3.03. The van der Waals surface area contributed by atoms with Crippen LogP contribution in [0.3, 0.4) is 0 Å². The average Bonchev–Trinajstić information content (AvgIpc) is 3.20. The molecule has 3 aromatic rings. The van der Waals surface area contributed by atoms with Crippen molar-refractivity contribution in [3.05, 3.63) is 93.3 Å². The number of aromatic amines is 1. The number of aromatic nitrogens is 2. The highest BCUT2D eigenvalue weighted by Crippen LogP contribution is 2.42. The van der Waals surface area contributed by atoms with Crippen molar-refractivity contribution < 1.29 is 9.16 Å². The first-order chi connectivity index (χ1) is 17.4. The maximum Gasteiger partial charge on any atom is 0.330 e. The second-order valence-electron chi connectivity index (χ2n) is 11.5. The molecule has 0 radical (unpaired) electrons. The lowest BCUT2D eigenvalue weighted by molar-refractivity contribution is -0.0582. The first kappa shape index (κ1) is 27.3. The molecule has 8 heteroatoms. The van der Waals surface area contributed by atoms with E-state index in [1.807, 2.05) is 26.2 Å². The van der Waals surface area contributed by atoms with Gasteiger partial charge in [-0.1, -0.05) is 81.4 Å². The van der Waals surface area contributed by atoms with Gasteiger partial charge in [0.25, 0.3) is 13.9 Å². The fraction of sp³-hybridized carbons (Fsp3) is 0.448. The predicted molar refractivity (Wildman–Crippen MR) is 150 cm³/mol. The van der Waals surface area contributed by atoms with Crippen molar-refractivity contribution in [2.24, 2.45) is 0 Å². The molecule has 3 atom stereocenters. The third kappa shape index (κ3) is 4.91. The summed E-state index contributed by atoms with van der Waals surface area (Å²) < 4.78 is 15.2. The van der Waals surface area contributed by atoms with Gasteiger partial charge < -0.3 is 9.16 Å². The van der Waals surface area contributed by atoms with Crippen molar-refractivity contribution in [2.75, 3.05) is 20.7 Å². The van der Waals surface area contributed by atoms with Gasteiger partial charge in [0, 0.05) is 11.8 Å². The van der Waals surface area contributed by atoms with E-state index in [9.17, 15) is 9.59 Å². The van der Waals surface area contributed by atoms with Gasteiger partial charge in [-0.2, -0.15) is 0 Å². The van der Waals surface area contributed by atoms with Gasteiger partial charge in [-0.05, 0) is 49.8 Å². The molecule has 1 N–H and O–H groups in total. The van der Waals surface area contributed by atoms with E-state index in [0.29, 0.717) is 18.6 Å². The summed E-state index contributed by atoms with van der Waals surface area (Å²) >= 11 is 0. The van der Waals surface area contributed by atoms with Gasteiger partial charge in [0.05, 0.1) is 18.2 Å². The summed E-state index contributed by atoms with van der Waals surface area (Å²) in [5, 5.41) is 2.28. The minimum atomic E-state index is -2.73. The molecule has 0 aliphatic carbocycles. The summed E-state index contributed by atoms with van der Waals surface area (Å²) in [6.45, 7) is 10.9. The highest BCUT2D eigenvalue weighted by atomic mass is 28.4. The highest BCUT2D eigenvalue weighted by Gasteiger charge is 2.53. The van der Waals surface area contributed by atoms with Crippen LogP contribution in [0.25, 0.3) is 0 Å². The van der Waals surface area contributed by atoms with Crippen LogP contribution in [0.2, 0.25) is 5.04 Å². The Kier molecular flexibility index (Phi) is 7.49. The second-order valence-corrected chi connectivity index (χ2v) is 15.8. The van der Waals surface area contributed by atoms with Gasteiger partial charge in [-0.3, -0.25) is 19.2 Å². The number of rotatable bonds is 7. The summed E-state index contributed by atoms with van der Waals surface area (Å²) in [5.41, 5.74) is -0.857. The molecule has 1 aliphatic rings. The lowest BCUT2D eigenvalue weighted by Crippen LogP contribution is -2.67. The van der Waals surface area contributed by atoms with Gasteiger partial charge in [0.15, 0.2) is 6.23 Å². The van der Waals surface area contributed by atoms with E-state index >= 15 is 0 Å². The van der Waals surface area contributed by atoms with Crippen molar-refractivity contribution >= 4 is 18.7 Å². The van der Waals surface area contributed by atoms with E-state index in [1.165, 1.54) is 14.9 Å². The minimum Gasteiger partial charge on any atom is -0.405 e. The lowest BCUT2D eigenvalue weighted by atomic mass is 9.94. The maximum absolute atomic E-state index is 12.8. The Balaban J connectivity index is 1.73. The van der Waals surface area contributed by atoms with Crippen LogP contribution in [0, 0.1) is 6.92 Å². The highest BCUT2D eigenvalue weighted by molar-refractivity contribution is 6.99. The number of hydrogen-bond donors (Lipinski definition) is 1. The van der Waals surface area contributed by atoms with E-state index in [-0.39, 0.29) is 16.7 Å². The fourth-order valence-electron chi connectivity index (χ4n) is 5.55. The summed E-state index contributed by atoms with van der Waals surface area (Å²) in [5.74, 6) is 0. The van der Waals surface area contributed by atoms with Crippen LogP contribution in [0.4, 0.5) is 0 Å². The zero-order chi connectivity index (χ0) is 27.0. The molecule has 0 bridgehead atoms. The van der Waals surface area contributed by atoms with Crippen molar-refractivity contribution in [3.8, 4) is 0 Å². The summed E-state index contributed by atoms with van der Waals surface area (Å²) in [6.07, 6.45) is 1.46. The van der Waals surface area contributed by atoms with E-state index < -0.39 is 25.8 Å². The zero-order valence-electron chi connectivity index (χ0n) is 22.9. The largest absolute Gasteiger partial charge is 0.405 e. The van der Waals surface area contributed by atoms with E-state index in [4.69, 9.17) is 9.16 Å². The SMILES string of the molecule is Cc1cn([C@H]2O[C@H](CO[Si](c3ccccc3)(c3ccccc3)C(C)(C)C)C[C@]2(C)N(C)C)c(=O)[nH]c1=O. The van der Waals surface area contributed by atoms with E-state index in [2.05, 4.69) is 86.1 Å². The van der Waals surface area contributed by atoms with Crippen LogP contribution >= 0.6 is 0 Å². The quantitative estimate of drug-likeness (QED) is 0.484. The van der Waals surface area contributed by atoms with Gasteiger partial charge in [0.1, 0.15) is 0 Å². The first-order valence-corrected chi connectivity index (χ1v) is 14.7. The molecule has 2 aromatic carbocycles. The fourth-order valence-corrected chi connectivity index (χ4v) is 10.1. The normalized spacial score (nSPS) is 22.5. The molecule has 1 aliphatic heterocycles. The van der Waals surface area contributed by atoms with Crippen LogP contribution in [-0.4, -0.2) is 55.1 Å². The van der Waals surface area contributed by atoms with Crippen molar-refractivity contribution in [2.45, 2.75) is 63.9 Å². The molecule has 2 heterocycles. The van der Waals surface area contributed by atoms with Crippen LogP contribution in [-0.2, 0) is 9.16 Å². The van der Waals surface area contributed by atoms with E-state index in [1.54, 1.807) is 13.1 Å². The van der Waals surface area contributed by atoms with Crippen LogP contribution in [0.15, 0.2) is 76.4 Å². The van der Waals surface area contributed by atoms with Crippen LogP contribution in [0.1, 0.15) is 45.9 Å². The number of likely N-dealkylation sites (N-methyl/N-ethyl adjacent to an activating group) is 1. The van der Waals surface area contributed by atoms with Crippen molar-refractivity contribution in [1.82, 2.24) is 14.5 Å². The van der Waals surface area contributed by atoms with Gasteiger partial charge in [0.2, 0.25) is 0 Å². The van der Waals surface area contributed by atoms with Gasteiger partial charge >= 0.3 is 5.69 Å². The van der Waals surface area contributed by atoms with Crippen molar-refractivity contribution in [3.63, 3.8) is 0 Å². The molecule has 37 heavy (non-hydrogen) atoms. The number of nitrogens with zero attached hydrogens (tertiary/aromatic N) is 2. The summed E-state index contributed by atoms with van der Waals surface area (Å²) in [7, 11) is 1.25. The Hall–Kier alpha value is -2.78. The molecule has 198 valence electrons. The smallest absolute Gasteiger partial charge is 0.330 e. The van der Waals surface area contributed by atoms with E-state index in [0.717, 1.165) is 0 Å². The molecule has 7 nitrogen and oxygen atoms in total. The number of nitrogens with one attached hydrogen (secondary N) is 1. The third-order valence-corrected chi connectivity index (χ3v) is 12.8. The Labute approximate surface area is 220 Å². The van der Waals surface area contributed by atoms with Gasteiger partial charge in [-0.25, -0.2) is 4.79 Å². The standard InChI is InChI=1S/C29H39N3O4Si/c1-21-19-32(27(34)30-25(21)33)26-29(5,31(6)7)18-22(36-26)20-35-37(28(2,3)4,23-14-10-8-11-15-23)24-16-12-9-13-17-24/h8-17,19,22,26H,18,20H2,1-7H3,(H,30,33,34)/t22-,26-,29-/m0/s1. The summed E-state index contributed by atoms with van der Waals surface area (Å²) in [6, 6.07) is 21.1. The average molecular weight is 522 g/mol. The third-order valence-electron chi connectivity index (χ3n) is 7.82. The molecule has 1 aromatic heterocycles. The first-order valence-electron chi connectivity index (χ1n) is 12.8. The summed E-state index contributed by atoms with van der Waals surface area (Å²) in [4.78, 5) is 29.3. The molecular weight excluding hydrogens is 482 g/mol. The Morgan fingerprint density at radius 2 is 1.59 bits per heavy atom. The number of benzene rings is 2. The molecule has 0 amide bonds. The van der Waals surface area contributed by atoms with Crippen molar-refractivity contribution in [1.29, 1.82) is 0 Å². The molecule has 1 fully saturated rings. The second kappa shape index (κ2) is 10.2. The Morgan fingerprint density at radius 1 is 1.05 bits per heavy atom. The number of H-pyrrole nitrogens is 1. The Bertz CT molecular complexity index is 1290. The maximum atomic E-state index is 12.8. The zero-order valence-corrected chi connectivity index (χ0v) is 23.9. The topological polar surface area (TPSA) is 76.6 Å². The Morgan fingerprint density at radius 3 is 2.08 bits per heavy atom. The number of ether oxygens (including phenoxy) is 1. The molecular formula is C29H39N3O4Si.